The van der Waals surface area contributed by atoms with Crippen LogP contribution in [0.2, 0.25) is 91.7 Å². The Morgan fingerprint density at radius 1 is 0.386 bits per heavy atom. The molecule has 0 bridgehead atoms. The van der Waals surface area contributed by atoms with Crippen LogP contribution in [0.15, 0.2) is 0 Å². The van der Waals surface area contributed by atoms with Gasteiger partial charge >= 0.3 is 277 Å². The maximum atomic E-state index is 7.77. The van der Waals surface area contributed by atoms with Crippen molar-refractivity contribution in [2.75, 3.05) is 78.9 Å². The molecule has 0 saturated carbocycles. The summed E-state index contributed by atoms with van der Waals surface area (Å²) < 4.78 is 48.9. The molecule has 256 valence electrons. The number of quaternary nitrogens is 2. The molecule has 0 aromatic rings. The zero-order chi connectivity index (χ0) is 32.6. The second-order valence-electron chi connectivity index (χ2n) is 20.1. The van der Waals surface area contributed by atoms with Crippen LogP contribution in [0, 0.1) is 0 Å². The molecule has 7 aliphatic rings. The molecule has 44 heavy (non-hydrogen) atoms. The van der Waals surface area contributed by atoms with Crippen molar-refractivity contribution in [1.29, 1.82) is 0 Å². The van der Waals surface area contributed by atoms with Gasteiger partial charge in [-0.2, -0.15) is 0 Å². The van der Waals surface area contributed by atoms with Crippen molar-refractivity contribution in [2.24, 2.45) is 0 Å². The molecule has 0 unspecified atom stereocenters. The van der Waals surface area contributed by atoms with Gasteiger partial charge in [0.1, 0.15) is 0 Å². The van der Waals surface area contributed by atoms with Crippen molar-refractivity contribution in [3.8, 4) is 0 Å². The van der Waals surface area contributed by atoms with Gasteiger partial charge in [0.15, 0.2) is 0 Å². The monoisotopic (exact) mass is 782 g/mol. The van der Waals surface area contributed by atoms with Gasteiger partial charge in [0.05, 0.1) is 0 Å². The van der Waals surface area contributed by atoms with Crippen molar-refractivity contribution in [3.05, 3.63) is 0 Å². The van der Waals surface area contributed by atoms with E-state index in [1.54, 1.807) is 0 Å². The molecule has 0 amide bonds. The molecule has 7 aliphatic heterocycles. The molecule has 0 aromatic heterocycles. The average molecular weight is 784 g/mol. The van der Waals surface area contributed by atoms with Crippen LogP contribution >= 0.6 is 0 Å². The van der Waals surface area contributed by atoms with Gasteiger partial charge in [-0.15, -0.1) is 0 Å². The van der Waals surface area contributed by atoms with E-state index in [2.05, 4.69) is 91.7 Å². The third-order valence-corrected chi connectivity index (χ3v) is 313. The van der Waals surface area contributed by atoms with Crippen LogP contribution in [0.1, 0.15) is 0 Å². The molecule has 0 N–H and O–H groups in total. The Bertz CT molecular complexity index is 1120. The predicted octanol–water partition coefficient (Wildman–Crippen LogP) is 3.79. The van der Waals surface area contributed by atoms with Crippen molar-refractivity contribution < 1.29 is 34.9 Å². The second kappa shape index (κ2) is 8.65. The van der Waals surface area contributed by atoms with Crippen molar-refractivity contribution in [2.45, 2.75) is 91.7 Å². The van der Waals surface area contributed by atoms with Gasteiger partial charge in [-0.3, -0.25) is 0 Å². The van der Waals surface area contributed by atoms with Gasteiger partial charge < -0.3 is 0 Å². The summed E-state index contributed by atoms with van der Waals surface area (Å²) in [6.45, 7) is 52.8. The molecule has 18 heteroatoms. The summed E-state index contributed by atoms with van der Waals surface area (Å²) in [6, 6.07) is 0. The summed E-state index contributed by atoms with van der Waals surface area (Å²) in [7, 11) is -20.2. The molecule has 8 nitrogen and oxygen atoms in total. The molecule has 0 aliphatic carbocycles. The van der Waals surface area contributed by atoms with E-state index in [1.165, 1.54) is 0 Å². The number of rotatable bonds is 4. The fraction of sp³-hybridized carbons (Fsp3) is 1.00. The van der Waals surface area contributed by atoms with Gasteiger partial charge in [0.2, 0.25) is 0 Å². The van der Waals surface area contributed by atoms with E-state index in [4.69, 9.17) is 26.6 Å². The van der Waals surface area contributed by atoms with Gasteiger partial charge in [-0.1, -0.05) is 0 Å². The molecular formula is C26H66N2O6Si10. The maximum absolute atomic E-state index is 7.77. The van der Waals surface area contributed by atoms with Gasteiger partial charge in [0.25, 0.3) is 0 Å². The van der Waals surface area contributed by atoms with E-state index >= 15 is 0 Å². The van der Waals surface area contributed by atoms with Gasteiger partial charge in [-0.25, -0.2) is 0 Å². The minimum absolute atomic E-state index is 0.860. The Balaban J connectivity index is 1.70. The molecular weight excluding hydrogens is 717 g/mol. The van der Waals surface area contributed by atoms with Crippen LogP contribution in [-0.2, 0) is 26.6 Å². The SMILES string of the molecule is C[Si](C)(C)[Si]1([Si-]234OCC[N+]2(CCO3)CCO4)[Si](C)(C)[Si](C)(C)[Si]([Si](C)(C)C)([Si-]234OCC[N+]2(CCO3)CCO4)[Si](C)(C)[Si]1(C)C. The van der Waals surface area contributed by atoms with E-state index in [9.17, 15) is 0 Å². The van der Waals surface area contributed by atoms with Crippen molar-refractivity contribution in [3.63, 3.8) is 0 Å². The van der Waals surface area contributed by atoms with Crippen molar-refractivity contribution in [1.82, 2.24) is 0 Å². The minimum atomic E-state index is -3.87. The Labute approximate surface area is 275 Å². The summed E-state index contributed by atoms with van der Waals surface area (Å²) in [4.78, 5) is 0. The summed E-state index contributed by atoms with van der Waals surface area (Å²) >= 11 is 0. The van der Waals surface area contributed by atoms with Crippen LogP contribution in [0.25, 0.3) is 0 Å². The number of nitrogens with zero attached hydrogens (tertiary/aromatic N) is 2. The molecule has 7 fully saturated rings. The molecule has 0 spiro atoms. The summed E-state index contributed by atoms with van der Waals surface area (Å²) in [5.74, 6) is 0. The normalized spacial score (nSPS) is 48.2. The molecule has 0 radical (unpaired) electrons. The zero-order valence-electron chi connectivity index (χ0n) is 30.8. The Hall–Kier alpha value is 1.85. The van der Waals surface area contributed by atoms with Crippen LogP contribution in [0.4, 0.5) is 0 Å². The van der Waals surface area contributed by atoms with Gasteiger partial charge in [0, 0.05) is 0 Å². The van der Waals surface area contributed by atoms with Gasteiger partial charge in [-0.05, 0) is 0 Å². The van der Waals surface area contributed by atoms with Crippen LogP contribution < -0.4 is 0 Å². The third kappa shape index (κ3) is 2.60. The zero-order valence-corrected chi connectivity index (χ0v) is 40.8. The first kappa shape index (κ1) is 34.3. The first-order valence-corrected chi connectivity index (χ1v) is 55.1. The first-order valence-electron chi connectivity index (χ1n) is 17.8. The third-order valence-electron chi connectivity index (χ3n) is 17.3. The fourth-order valence-corrected chi connectivity index (χ4v) is 604. The van der Waals surface area contributed by atoms with E-state index < -0.39 is 71.4 Å². The number of hydrogen-bond donors (Lipinski definition) is 0. The van der Waals surface area contributed by atoms with Crippen LogP contribution in [-0.4, -0.2) is 159 Å². The molecule has 0 aromatic carbocycles. The van der Waals surface area contributed by atoms with Crippen LogP contribution in [0.3, 0.4) is 0 Å². The Morgan fingerprint density at radius 3 is 0.727 bits per heavy atom. The quantitative estimate of drug-likeness (QED) is 0.406. The van der Waals surface area contributed by atoms with E-state index in [1.807, 2.05) is 0 Å². The standard InChI is InChI=1S/C26H66N2O6Si10/c1-35(2,3)41(43-27(15-21-29-43,16-22-30-43)17-23-31-43)37(7,8)39(11,12)42(36(4,5)6,40(13,14)38(41,9)10)44-28(18-24-32-44,19-25-33-44)20-26-34-44/h15-26H2,1-14H3. The fourth-order valence-electron chi connectivity index (χ4n) is 17.2. The molecule has 7 rings (SSSR count). The molecule has 7 saturated heterocycles. The summed E-state index contributed by atoms with van der Waals surface area (Å²) in [5, 5.41) is 0. The summed E-state index contributed by atoms with van der Waals surface area (Å²) in [6.07, 6.45) is -4.79. The van der Waals surface area contributed by atoms with E-state index in [0.717, 1.165) is 87.2 Å². The average Bonchev–Trinajstić information content (AvgIpc) is 3.56. The predicted molar refractivity (Wildman–Crippen MR) is 205 cm³/mol. The summed E-state index contributed by atoms with van der Waals surface area (Å²) in [5.41, 5.74) is 0. The topological polar surface area (TPSA) is 55.4 Å². The first-order chi connectivity index (χ1) is 19.9. The van der Waals surface area contributed by atoms with Crippen LogP contribution in [0.5, 0.6) is 0 Å². The second-order valence-corrected chi connectivity index (χ2v) is 139. The van der Waals surface area contributed by atoms with Crippen molar-refractivity contribution >= 4 is 71.4 Å². The van der Waals surface area contributed by atoms with E-state index in [0.29, 0.717) is 0 Å². The Morgan fingerprint density at radius 2 is 0.568 bits per heavy atom. The Kier molecular flexibility index (Phi) is 6.74. The number of hydrogen-bond acceptors (Lipinski definition) is 6. The molecule has 7 heterocycles. The van der Waals surface area contributed by atoms with E-state index in [-0.39, 0.29) is 0 Å². The molecule has 0 atom stereocenters.